The molecule has 3 heteroatoms. The number of allylic oxidation sites excluding steroid dienone is 2. The van der Waals surface area contributed by atoms with Crippen LogP contribution in [0.5, 0.6) is 5.75 Å². The summed E-state index contributed by atoms with van der Waals surface area (Å²) < 4.78 is 5.14. The molecule has 2 nitrogen and oxygen atoms in total. The van der Waals surface area contributed by atoms with Crippen molar-refractivity contribution in [1.82, 2.24) is 0 Å². The Morgan fingerprint density at radius 3 is 2.93 bits per heavy atom. The Labute approximate surface area is 93.5 Å². The maximum atomic E-state index is 10.8. The number of ether oxygens (including phenoxy) is 1. The molecule has 0 saturated carbocycles. The minimum Gasteiger partial charge on any atom is -0.497 e. The van der Waals surface area contributed by atoms with Crippen molar-refractivity contribution in [3.63, 3.8) is 0 Å². The van der Waals surface area contributed by atoms with Gasteiger partial charge in [-0.3, -0.25) is 4.79 Å². The van der Waals surface area contributed by atoms with Gasteiger partial charge >= 0.3 is 0 Å². The molecule has 0 aromatic heterocycles. The highest BCUT2D eigenvalue weighted by Crippen LogP contribution is 2.34. The first kappa shape index (κ1) is 10.2. The fraction of sp³-hybridized carbons (Fsp3) is 0.250. The molecule has 0 bridgehead atoms. The fourth-order valence-corrected chi connectivity index (χ4v) is 2.04. The van der Waals surface area contributed by atoms with Crippen LogP contribution in [0.4, 0.5) is 0 Å². The molecule has 2 rings (SSSR count). The maximum absolute atomic E-state index is 10.8. The molecule has 0 unspecified atom stereocenters. The molecule has 0 spiro atoms. The van der Waals surface area contributed by atoms with Gasteiger partial charge in [0.05, 0.1) is 7.11 Å². The average Bonchev–Trinajstić information content (AvgIpc) is 2.60. The normalized spacial score (nSPS) is 16.5. The molecule has 0 atom stereocenters. The lowest BCUT2D eigenvalue weighted by atomic mass is 10.1. The quantitative estimate of drug-likeness (QED) is 0.568. The van der Waals surface area contributed by atoms with Crippen LogP contribution >= 0.6 is 11.6 Å². The van der Waals surface area contributed by atoms with E-state index in [-0.39, 0.29) is 0 Å². The second-order valence-corrected chi connectivity index (χ2v) is 3.87. The molecule has 0 N–H and O–H groups in total. The third-order valence-electron chi connectivity index (χ3n) is 2.61. The Kier molecular flexibility index (Phi) is 2.78. The Bertz CT molecular complexity index is 435. The van der Waals surface area contributed by atoms with E-state index >= 15 is 0 Å². The first-order valence-electron chi connectivity index (χ1n) is 4.78. The second kappa shape index (κ2) is 4.07. The number of carbonyl (C=O) groups excluding carboxylic acids is 1. The Balaban J connectivity index is 2.40. The van der Waals surface area contributed by atoms with Crippen LogP contribution in [0, 0.1) is 0 Å². The van der Waals surface area contributed by atoms with Crippen LogP contribution in [0.1, 0.15) is 17.5 Å². The number of fused-ring (bicyclic) bond motifs is 1. The van der Waals surface area contributed by atoms with E-state index in [0.29, 0.717) is 0 Å². The number of hydrogen-bond donors (Lipinski definition) is 0. The number of methoxy groups -OCH3 is 1. The van der Waals surface area contributed by atoms with Gasteiger partial charge in [0.15, 0.2) is 0 Å². The summed E-state index contributed by atoms with van der Waals surface area (Å²) in [6, 6.07) is 5.89. The topological polar surface area (TPSA) is 26.3 Å². The molecule has 1 aromatic carbocycles. The molecule has 0 amide bonds. The summed E-state index contributed by atoms with van der Waals surface area (Å²) in [5.41, 5.74) is 3.36. The third-order valence-corrected chi connectivity index (χ3v) is 2.72. The number of rotatable bonds is 2. The van der Waals surface area contributed by atoms with E-state index in [0.717, 1.165) is 29.7 Å². The van der Waals surface area contributed by atoms with Gasteiger partial charge in [0.25, 0.3) is 0 Å². The van der Waals surface area contributed by atoms with Crippen LogP contribution in [-0.4, -0.2) is 12.4 Å². The van der Waals surface area contributed by atoms with E-state index in [1.54, 1.807) is 7.11 Å². The van der Waals surface area contributed by atoms with Gasteiger partial charge in [-0.05, 0) is 53.3 Å². The summed E-state index contributed by atoms with van der Waals surface area (Å²) in [4.78, 5) is 10.8. The van der Waals surface area contributed by atoms with Crippen molar-refractivity contribution in [2.75, 3.05) is 7.11 Å². The molecule has 1 aromatic rings. The van der Waals surface area contributed by atoms with Gasteiger partial charge in [-0.15, -0.1) is 0 Å². The van der Waals surface area contributed by atoms with E-state index in [4.69, 9.17) is 16.3 Å². The summed E-state index contributed by atoms with van der Waals surface area (Å²) >= 11 is 5.34. The van der Waals surface area contributed by atoms with E-state index < -0.39 is 5.24 Å². The van der Waals surface area contributed by atoms with E-state index in [2.05, 4.69) is 0 Å². The van der Waals surface area contributed by atoms with Gasteiger partial charge < -0.3 is 4.74 Å². The zero-order valence-corrected chi connectivity index (χ0v) is 9.17. The molecular formula is C12H11ClO2. The van der Waals surface area contributed by atoms with Gasteiger partial charge in [-0.2, -0.15) is 0 Å². The summed E-state index contributed by atoms with van der Waals surface area (Å²) in [6.07, 6.45) is 3.32. The molecule has 0 radical (unpaired) electrons. The molecule has 15 heavy (non-hydrogen) atoms. The predicted octanol–water partition coefficient (Wildman–Crippen LogP) is 2.79. The average molecular weight is 223 g/mol. The minimum atomic E-state index is -0.409. The predicted molar refractivity (Wildman–Crippen MR) is 60.2 cm³/mol. The highest BCUT2D eigenvalue weighted by molar-refractivity contribution is 6.67. The van der Waals surface area contributed by atoms with Crippen molar-refractivity contribution in [2.24, 2.45) is 0 Å². The third kappa shape index (κ3) is 2.05. The summed E-state index contributed by atoms with van der Waals surface area (Å²) in [5.74, 6) is 0.854. The zero-order chi connectivity index (χ0) is 10.8. The van der Waals surface area contributed by atoms with Crippen molar-refractivity contribution < 1.29 is 9.53 Å². The summed E-state index contributed by atoms with van der Waals surface area (Å²) in [6.45, 7) is 0. The lowest BCUT2D eigenvalue weighted by Gasteiger charge is -2.03. The molecule has 0 saturated heterocycles. The molecule has 0 aliphatic heterocycles. The number of benzene rings is 1. The number of hydrogen-bond acceptors (Lipinski definition) is 2. The van der Waals surface area contributed by atoms with Crippen molar-refractivity contribution in [3.8, 4) is 5.75 Å². The van der Waals surface area contributed by atoms with Gasteiger partial charge in [0.1, 0.15) is 5.75 Å². The molecular weight excluding hydrogens is 212 g/mol. The lowest BCUT2D eigenvalue weighted by Crippen LogP contribution is -1.87. The fourth-order valence-electron chi connectivity index (χ4n) is 1.91. The number of carbonyl (C=O) groups is 1. The van der Waals surface area contributed by atoms with Gasteiger partial charge in [-0.1, -0.05) is 6.07 Å². The Morgan fingerprint density at radius 2 is 2.27 bits per heavy atom. The van der Waals surface area contributed by atoms with E-state index in [1.165, 1.54) is 11.6 Å². The summed E-state index contributed by atoms with van der Waals surface area (Å²) in [5, 5.41) is -0.409. The van der Waals surface area contributed by atoms with Crippen LogP contribution in [0.2, 0.25) is 0 Å². The monoisotopic (exact) mass is 222 g/mol. The SMILES string of the molecule is COc1ccc2c(c1)CC/C2=C/C(=O)Cl. The van der Waals surface area contributed by atoms with Gasteiger partial charge in [0.2, 0.25) is 5.24 Å². The molecule has 78 valence electrons. The Morgan fingerprint density at radius 1 is 1.47 bits per heavy atom. The van der Waals surface area contributed by atoms with Crippen molar-refractivity contribution in [3.05, 3.63) is 35.4 Å². The first-order chi connectivity index (χ1) is 7.20. The summed E-state index contributed by atoms with van der Waals surface area (Å²) in [7, 11) is 1.65. The van der Waals surface area contributed by atoms with Crippen molar-refractivity contribution in [2.45, 2.75) is 12.8 Å². The maximum Gasteiger partial charge on any atom is 0.245 e. The smallest absolute Gasteiger partial charge is 0.245 e. The standard InChI is InChI=1S/C12H11ClO2/c1-15-10-4-5-11-8(6-10)2-3-9(11)7-12(13)14/h4-7H,2-3H2,1H3/b9-7-. The highest BCUT2D eigenvalue weighted by Gasteiger charge is 2.17. The van der Waals surface area contributed by atoms with E-state index in [1.807, 2.05) is 18.2 Å². The van der Waals surface area contributed by atoms with Crippen molar-refractivity contribution >= 4 is 22.4 Å². The minimum absolute atomic E-state index is 0.409. The van der Waals surface area contributed by atoms with Gasteiger partial charge in [0, 0.05) is 6.08 Å². The molecule has 0 heterocycles. The second-order valence-electron chi connectivity index (χ2n) is 3.50. The number of aryl methyl sites for hydroxylation is 1. The van der Waals surface area contributed by atoms with Crippen LogP contribution in [0.3, 0.4) is 0 Å². The first-order valence-corrected chi connectivity index (χ1v) is 5.16. The largest absolute Gasteiger partial charge is 0.497 e. The van der Waals surface area contributed by atoms with Crippen molar-refractivity contribution in [1.29, 1.82) is 0 Å². The highest BCUT2D eigenvalue weighted by atomic mass is 35.5. The van der Waals surface area contributed by atoms with Crippen LogP contribution < -0.4 is 4.74 Å². The molecule has 1 aliphatic rings. The lowest BCUT2D eigenvalue weighted by molar-refractivity contribution is -0.107. The van der Waals surface area contributed by atoms with Crippen LogP contribution in [-0.2, 0) is 11.2 Å². The van der Waals surface area contributed by atoms with Crippen LogP contribution in [0.25, 0.3) is 5.57 Å². The Hall–Kier alpha value is -1.28. The van der Waals surface area contributed by atoms with E-state index in [9.17, 15) is 4.79 Å². The zero-order valence-electron chi connectivity index (χ0n) is 8.42. The molecule has 1 aliphatic carbocycles. The van der Waals surface area contributed by atoms with Gasteiger partial charge in [-0.25, -0.2) is 0 Å². The number of halogens is 1. The van der Waals surface area contributed by atoms with Crippen LogP contribution in [0.15, 0.2) is 24.3 Å². The molecule has 0 fully saturated rings.